The molecule has 1 atom stereocenters. The lowest BCUT2D eigenvalue weighted by molar-refractivity contribution is -0.122. The molecule has 0 spiro atoms. The van der Waals surface area contributed by atoms with Crippen molar-refractivity contribution in [3.8, 4) is 11.5 Å². The van der Waals surface area contributed by atoms with E-state index in [0.717, 1.165) is 5.56 Å². The van der Waals surface area contributed by atoms with Crippen molar-refractivity contribution in [2.24, 2.45) is 0 Å². The lowest BCUT2D eigenvalue weighted by Crippen LogP contribution is -2.32. The molecular formula is C18H19Cl2NO3. The first-order valence-corrected chi connectivity index (χ1v) is 8.27. The molecule has 128 valence electrons. The molecule has 0 saturated heterocycles. The molecule has 2 aromatic carbocycles. The Morgan fingerprint density at radius 3 is 2.50 bits per heavy atom. The molecule has 24 heavy (non-hydrogen) atoms. The van der Waals surface area contributed by atoms with Crippen molar-refractivity contribution in [3.05, 3.63) is 52.0 Å². The topological polar surface area (TPSA) is 47.6 Å². The van der Waals surface area contributed by atoms with E-state index in [4.69, 9.17) is 32.7 Å². The minimum absolute atomic E-state index is 0.244. The zero-order valence-corrected chi connectivity index (χ0v) is 15.2. The van der Waals surface area contributed by atoms with Gasteiger partial charge in [-0.25, -0.2) is 0 Å². The molecule has 0 aromatic heterocycles. The Morgan fingerprint density at radius 2 is 1.92 bits per heavy atom. The third-order valence-electron chi connectivity index (χ3n) is 3.49. The molecular weight excluding hydrogens is 349 g/mol. The highest BCUT2D eigenvalue weighted by Gasteiger charge is 2.19. The van der Waals surface area contributed by atoms with Gasteiger partial charge in [0.2, 0.25) is 0 Å². The average molecular weight is 368 g/mol. The van der Waals surface area contributed by atoms with Gasteiger partial charge in [-0.2, -0.15) is 0 Å². The fourth-order valence-electron chi connectivity index (χ4n) is 2.14. The summed E-state index contributed by atoms with van der Waals surface area (Å²) >= 11 is 12.1. The van der Waals surface area contributed by atoms with E-state index in [1.54, 1.807) is 30.3 Å². The fraction of sp³-hybridized carbons (Fsp3) is 0.278. The zero-order chi connectivity index (χ0) is 17.7. The van der Waals surface area contributed by atoms with Crippen molar-refractivity contribution in [2.75, 3.05) is 12.4 Å². The monoisotopic (exact) mass is 367 g/mol. The summed E-state index contributed by atoms with van der Waals surface area (Å²) in [4.78, 5) is 12.4. The molecule has 0 heterocycles. The molecule has 0 aliphatic carbocycles. The molecule has 0 aliphatic heterocycles. The summed E-state index contributed by atoms with van der Waals surface area (Å²) in [7, 11) is 1.54. The van der Waals surface area contributed by atoms with Gasteiger partial charge < -0.3 is 14.8 Å². The molecule has 1 amide bonds. The molecule has 4 nitrogen and oxygen atoms in total. The van der Waals surface area contributed by atoms with Crippen molar-refractivity contribution in [2.45, 2.75) is 26.4 Å². The van der Waals surface area contributed by atoms with Crippen LogP contribution in [0, 0.1) is 6.92 Å². The number of nitrogens with one attached hydrogen (secondary N) is 1. The van der Waals surface area contributed by atoms with Crippen molar-refractivity contribution in [1.29, 1.82) is 0 Å². The largest absolute Gasteiger partial charge is 0.495 e. The molecule has 0 unspecified atom stereocenters. The third-order valence-corrected chi connectivity index (χ3v) is 4.21. The highest BCUT2D eigenvalue weighted by Crippen LogP contribution is 2.27. The highest BCUT2D eigenvalue weighted by atomic mass is 35.5. The van der Waals surface area contributed by atoms with Crippen molar-refractivity contribution < 1.29 is 14.3 Å². The third kappa shape index (κ3) is 4.56. The lowest BCUT2D eigenvalue weighted by Gasteiger charge is -2.18. The Hall–Kier alpha value is -1.91. The molecule has 0 bridgehead atoms. The molecule has 1 N–H and O–H groups in total. The number of anilines is 1. The first-order valence-electron chi connectivity index (χ1n) is 7.51. The number of rotatable bonds is 6. The predicted molar refractivity (Wildman–Crippen MR) is 97.5 cm³/mol. The van der Waals surface area contributed by atoms with Crippen molar-refractivity contribution >= 4 is 34.8 Å². The van der Waals surface area contributed by atoms with Crippen LogP contribution in [0.3, 0.4) is 0 Å². The summed E-state index contributed by atoms with van der Waals surface area (Å²) in [6, 6.07) is 10.4. The number of carbonyl (C=O) groups is 1. The maximum atomic E-state index is 12.4. The van der Waals surface area contributed by atoms with Gasteiger partial charge in [0.05, 0.1) is 12.1 Å². The van der Waals surface area contributed by atoms with Crippen LogP contribution in [0.1, 0.15) is 18.9 Å². The smallest absolute Gasteiger partial charge is 0.265 e. The number of hydrogen-bond donors (Lipinski definition) is 1. The molecule has 0 aliphatic rings. The number of methoxy groups -OCH3 is 1. The molecule has 6 heteroatoms. The van der Waals surface area contributed by atoms with Crippen LogP contribution in [0.4, 0.5) is 5.69 Å². The summed E-state index contributed by atoms with van der Waals surface area (Å²) in [6.07, 6.45) is -0.0938. The molecule has 0 fully saturated rings. The number of aryl methyl sites for hydroxylation is 1. The van der Waals surface area contributed by atoms with E-state index in [1.165, 1.54) is 7.11 Å². The predicted octanol–water partition coefficient (Wildman–Crippen LogP) is 5.11. The van der Waals surface area contributed by atoms with E-state index in [-0.39, 0.29) is 5.91 Å². The number of carbonyl (C=O) groups excluding carboxylic acids is 1. The maximum absolute atomic E-state index is 12.4. The normalized spacial score (nSPS) is 11.7. The van der Waals surface area contributed by atoms with Crippen LogP contribution in [0.2, 0.25) is 10.0 Å². The second-order valence-electron chi connectivity index (χ2n) is 5.26. The van der Waals surface area contributed by atoms with Crippen molar-refractivity contribution in [3.63, 3.8) is 0 Å². The maximum Gasteiger partial charge on any atom is 0.265 e. The van der Waals surface area contributed by atoms with Crippen LogP contribution in [-0.2, 0) is 4.79 Å². The lowest BCUT2D eigenvalue weighted by atomic mass is 10.2. The standard InChI is InChI=1S/C18H19Cl2NO3/c1-4-16(24-13-6-7-14(19)11(2)9-13)18(22)21-12-5-8-17(23-3)15(20)10-12/h5-10,16H,4H2,1-3H3,(H,21,22)/t16-/m1/s1. The summed E-state index contributed by atoms with van der Waals surface area (Å²) < 4.78 is 10.9. The minimum atomic E-state index is -0.619. The molecule has 2 aromatic rings. The first-order chi connectivity index (χ1) is 11.4. The molecule has 0 radical (unpaired) electrons. The van der Waals surface area contributed by atoms with Gasteiger partial charge in [-0.05, 0) is 55.3 Å². The number of hydrogen-bond acceptors (Lipinski definition) is 3. The first kappa shape index (κ1) is 18.4. The van der Waals surface area contributed by atoms with Crippen LogP contribution >= 0.6 is 23.2 Å². The highest BCUT2D eigenvalue weighted by molar-refractivity contribution is 6.32. The quantitative estimate of drug-likeness (QED) is 0.771. The van der Waals surface area contributed by atoms with E-state index < -0.39 is 6.10 Å². The van der Waals surface area contributed by atoms with Gasteiger partial charge in [-0.1, -0.05) is 30.1 Å². The van der Waals surface area contributed by atoms with Crippen LogP contribution in [0.25, 0.3) is 0 Å². The summed E-state index contributed by atoms with van der Waals surface area (Å²) in [5.74, 6) is 0.910. The van der Waals surface area contributed by atoms with Gasteiger partial charge in [0.15, 0.2) is 6.10 Å². The van der Waals surface area contributed by atoms with Crippen LogP contribution in [-0.4, -0.2) is 19.1 Å². The second-order valence-corrected chi connectivity index (χ2v) is 6.08. The van der Waals surface area contributed by atoms with Crippen LogP contribution in [0.15, 0.2) is 36.4 Å². The summed E-state index contributed by atoms with van der Waals surface area (Å²) in [5.41, 5.74) is 1.48. The van der Waals surface area contributed by atoms with E-state index in [2.05, 4.69) is 5.32 Å². The van der Waals surface area contributed by atoms with E-state index >= 15 is 0 Å². The minimum Gasteiger partial charge on any atom is -0.495 e. The fourth-order valence-corrected chi connectivity index (χ4v) is 2.52. The van der Waals surface area contributed by atoms with E-state index in [0.29, 0.717) is 33.7 Å². The number of amides is 1. The number of benzene rings is 2. The number of ether oxygens (including phenoxy) is 2. The Morgan fingerprint density at radius 1 is 1.17 bits per heavy atom. The average Bonchev–Trinajstić information content (AvgIpc) is 2.56. The Balaban J connectivity index is 2.08. The Bertz CT molecular complexity index is 734. The van der Waals surface area contributed by atoms with Gasteiger partial charge in [0, 0.05) is 10.7 Å². The van der Waals surface area contributed by atoms with Gasteiger partial charge in [0.25, 0.3) is 5.91 Å². The Kier molecular flexibility index (Phi) is 6.35. The molecule has 0 saturated carbocycles. The summed E-state index contributed by atoms with van der Waals surface area (Å²) in [6.45, 7) is 3.77. The second kappa shape index (κ2) is 8.27. The van der Waals surface area contributed by atoms with E-state index in [9.17, 15) is 4.79 Å². The van der Waals surface area contributed by atoms with Gasteiger partial charge in [0.1, 0.15) is 11.5 Å². The van der Waals surface area contributed by atoms with Gasteiger partial charge >= 0.3 is 0 Å². The van der Waals surface area contributed by atoms with Gasteiger partial charge in [-0.15, -0.1) is 0 Å². The summed E-state index contributed by atoms with van der Waals surface area (Å²) in [5, 5.41) is 3.89. The van der Waals surface area contributed by atoms with Gasteiger partial charge in [-0.3, -0.25) is 4.79 Å². The SMILES string of the molecule is CC[C@@H](Oc1ccc(Cl)c(C)c1)C(=O)Nc1ccc(OC)c(Cl)c1. The van der Waals surface area contributed by atoms with Crippen LogP contribution < -0.4 is 14.8 Å². The van der Waals surface area contributed by atoms with Crippen molar-refractivity contribution in [1.82, 2.24) is 0 Å². The zero-order valence-electron chi connectivity index (χ0n) is 13.7. The molecule has 2 rings (SSSR count). The van der Waals surface area contributed by atoms with Crippen LogP contribution in [0.5, 0.6) is 11.5 Å². The number of halogens is 2. The Labute approximate surface area is 151 Å². The van der Waals surface area contributed by atoms with E-state index in [1.807, 2.05) is 19.9 Å².